The number of halogens is 2. The molecule has 0 radical (unpaired) electrons. The molecule has 1 aromatic rings. The number of fused-ring (bicyclic) bond motifs is 3. The molecule has 5 heteroatoms. The number of piperidine rings is 3. The molecule has 1 amide bonds. The summed E-state index contributed by atoms with van der Waals surface area (Å²) in [6, 6.07) is 4.34. The van der Waals surface area contributed by atoms with Gasteiger partial charge in [0.25, 0.3) is 5.91 Å². The quantitative estimate of drug-likeness (QED) is 0.868. The number of nitrogens with one attached hydrogen (secondary N) is 1. The van der Waals surface area contributed by atoms with Gasteiger partial charge in [0.05, 0.1) is 5.02 Å². The Kier molecular flexibility index (Phi) is 4.37. The van der Waals surface area contributed by atoms with Crippen molar-refractivity contribution in [3.05, 3.63) is 34.6 Å². The molecule has 4 rings (SSSR count). The standard InChI is InChI=1S/C17H18ClFN2O/c1-2-11-10-21-6-5-12(11)7-14(21)9-20-17(22)13-3-4-16(19)15(18)8-13/h1,3-4,8,11-12,14H,5-7,9-10H2,(H,20,22)/t11-,12-,14+/m0/s1. The lowest BCUT2D eigenvalue weighted by molar-refractivity contribution is 0.0227. The van der Waals surface area contributed by atoms with Crippen molar-refractivity contribution in [1.29, 1.82) is 0 Å². The van der Waals surface area contributed by atoms with E-state index in [4.69, 9.17) is 18.0 Å². The van der Waals surface area contributed by atoms with Gasteiger partial charge in [-0.05, 0) is 43.5 Å². The summed E-state index contributed by atoms with van der Waals surface area (Å²) < 4.78 is 13.1. The molecule has 4 atom stereocenters. The van der Waals surface area contributed by atoms with Crippen LogP contribution in [0.3, 0.4) is 0 Å². The number of terminal acetylenes is 1. The largest absolute Gasteiger partial charge is 0.350 e. The van der Waals surface area contributed by atoms with E-state index in [9.17, 15) is 9.18 Å². The first-order chi connectivity index (χ1) is 10.6. The maximum atomic E-state index is 13.1. The molecule has 0 spiro atoms. The molecule has 3 fully saturated rings. The van der Waals surface area contributed by atoms with Gasteiger partial charge in [0.2, 0.25) is 0 Å². The summed E-state index contributed by atoms with van der Waals surface area (Å²) in [4.78, 5) is 14.5. The first-order valence-electron chi connectivity index (χ1n) is 7.52. The van der Waals surface area contributed by atoms with Crippen molar-refractivity contribution >= 4 is 17.5 Å². The van der Waals surface area contributed by atoms with E-state index in [1.54, 1.807) is 0 Å². The van der Waals surface area contributed by atoms with Gasteiger partial charge in [0.1, 0.15) is 5.82 Å². The maximum absolute atomic E-state index is 13.1. The Bertz CT molecular complexity index is 628. The summed E-state index contributed by atoms with van der Waals surface area (Å²) in [7, 11) is 0. The van der Waals surface area contributed by atoms with Gasteiger partial charge in [0, 0.05) is 30.6 Å². The lowest BCUT2D eigenvalue weighted by Crippen LogP contribution is -2.56. The Labute approximate surface area is 134 Å². The van der Waals surface area contributed by atoms with Crippen LogP contribution in [0.25, 0.3) is 0 Å². The highest BCUT2D eigenvalue weighted by atomic mass is 35.5. The lowest BCUT2D eigenvalue weighted by Gasteiger charge is -2.48. The van der Waals surface area contributed by atoms with Gasteiger partial charge in [-0.2, -0.15) is 0 Å². The summed E-state index contributed by atoms with van der Waals surface area (Å²) in [5.41, 5.74) is 0.379. The maximum Gasteiger partial charge on any atom is 0.251 e. The van der Waals surface area contributed by atoms with Crippen LogP contribution in [0.4, 0.5) is 4.39 Å². The highest BCUT2D eigenvalue weighted by Crippen LogP contribution is 2.35. The molecule has 2 bridgehead atoms. The van der Waals surface area contributed by atoms with Crippen LogP contribution in [0.15, 0.2) is 18.2 Å². The van der Waals surface area contributed by atoms with E-state index in [0.717, 1.165) is 25.9 Å². The molecular formula is C17H18ClFN2O. The van der Waals surface area contributed by atoms with E-state index >= 15 is 0 Å². The lowest BCUT2D eigenvalue weighted by atomic mass is 9.76. The molecule has 3 saturated heterocycles. The van der Waals surface area contributed by atoms with E-state index in [1.165, 1.54) is 18.2 Å². The third kappa shape index (κ3) is 2.97. The van der Waals surface area contributed by atoms with Crippen LogP contribution >= 0.6 is 11.6 Å². The minimum Gasteiger partial charge on any atom is -0.350 e. The number of amides is 1. The Morgan fingerprint density at radius 1 is 1.55 bits per heavy atom. The predicted molar refractivity (Wildman–Crippen MR) is 84.2 cm³/mol. The number of rotatable bonds is 3. The molecule has 3 aliphatic rings. The number of benzene rings is 1. The molecule has 116 valence electrons. The molecular weight excluding hydrogens is 303 g/mol. The zero-order valence-corrected chi connectivity index (χ0v) is 12.9. The van der Waals surface area contributed by atoms with Crippen LogP contribution in [-0.2, 0) is 0 Å². The molecule has 3 nitrogen and oxygen atoms in total. The highest BCUT2D eigenvalue weighted by Gasteiger charge is 2.39. The normalized spacial score (nSPS) is 29.9. The Morgan fingerprint density at radius 3 is 3.00 bits per heavy atom. The molecule has 3 heterocycles. The molecule has 0 saturated carbocycles. The summed E-state index contributed by atoms with van der Waals surface area (Å²) in [6.45, 7) is 2.55. The SMILES string of the molecule is C#C[C@H]1CN2CC[C@H]1C[C@@H]2CNC(=O)c1ccc(F)c(Cl)c1. The Balaban J connectivity index is 1.58. The molecule has 3 aliphatic heterocycles. The fraction of sp³-hybridized carbons (Fsp3) is 0.471. The van der Waals surface area contributed by atoms with Crippen LogP contribution < -0.4 is 5.32 Å². The van der Waals surface area contributed by atoms with Gasteiger partial charge in [-0.15, -0.1) is 12.3 Å². The van der Waals surface area contributed by atoms with Gasteiger partial charge in [-0.1, -0.05) is 11.6 Å². The zero-order chi connectivity index (χ0) is 15.7. The van der Waals surface area contributed by atoms with Crippen LogP contribution in [0.1, 0.15) is 23.2 Å². The molecule has 1 N–H and O–H groups in total. The van der Waals surface area contributed by atoms with Crippen molar-refractivity contribution in [3.8, 4) is 12.3 Å². The van der Waals surface area contributed by atoms with Crippen LogP contribution in [0, 0.1) is 30.0 Å². The summed E-state index contributed by atoms with van der Waals surface area (Å²) in [6.07, 6.45) is 7.74. The first-order valence-corrected chi connectivity index (χ1v) is 7.89. The average Bonchev–Trinajstić information content (AvgIpc) is 2.55. The van der Waals surface area contributed by atoms with E-state index < -0.39 is 5.82 Å². The van der Waals surface area contributed by atoms with Gasteiger partial charge in [0.15, 0.2) is 0 Å². The van der Waals surface area contributed by atoms with E-state index in [2.05, 4.69) is 16.1 Å². The second-order valence-corrected chi connectivity index (χ2v) is 6.45. The smallest absolute Gasteiger partial charge is 0.251 e. The topological polar surface area (TPSA) is 32.3 Å². The van der Waals surface area contributed by atoms with Crippen molar-refractivity contribution in [2.75, 3.05) is 19.6 Å². The summed E-state index contributed by atoms with van der Waals surface area (Å²) in [5, 5.41) is 2.88. The molecule has 0 aromatic heterocycles. The predicted octanol–water partition coefficient (Wildman–Crippen LogP) is 2.55. The highest BCUT2D eigenvalue weighted by molar-refractivity contribution is 6.31. The van der Waals surface area contributed by atoms with Crippen molar-refractivity contribution in [1.82, 2.24) is 10.2 Å². The first kappa shape index (κ1) is 15.3. The van der Waals surface area contributed by atoms with Gasteiger partial charge < -0.3 is 5.32 Å². The minimum atomic E-state index is -0.519. The molecule has 0 aliphatic carbocycles. The fourth-order valence-corrected chi connectivity index (χ4v) is 3.67. The summed E-state index contributed by atoms with van der Waals surface area (Å²) >= 11 is 5.71. The number of carbonyl (C=O) groups is 1. The zero-order valence-electron chi connectivity index (χ0n) is 12.2. The fourth-order valence-electron chi connectivity index (χ4n) is 3.49. The molecule has 1 aromatic carbocycles. The van der Waals surface area contributed by atoms with Crippen LogP contribution in [0.2, 0.25) is 5.02 Å². The molecule has 1 unspecified atom stereocenters. The third-order valence-electron chi connectivity index (χ3n) is 4.77. The molecule has 22 heavy (non-hydrogen) atoms. The van der Waals surface area contributed by atoms with Gasteiger partial charge in [-0.25, -0.2) is 4.39 Å². The van der Waals surface area contributed by atoms with E-state index in [1.807, 2.05) is 0 Å². The van der Waals surface area contributed by atoms with Crippen LogP contribution in [-0.4, -0.2) is 36.5 Å². The number of hydrogen-bond acceptors (Lipinski definition) is 2. The van der Waals surface area contributed by atoms with Crippen molar-refractivity contribution < 1.29 is 9.18 Å². The summed E-state index contributed by atoms with van der Waals surface area (Å²) in [5.74, 6) is 3.05. The second-order valence-electron chi connectivity index (χ2n) is 6.05. The van der Waals surface area contributed by atoms with E-state index in [0.29, 0.717) is 30.0 Å². The van der Waals surface area contributed by atoms with Crippen molar-refractivity contribution in [2.24, 2.45) is 11.8 Å². The van der Waals surface area contributed by atoms with Crippen molar-refractivity contribution in [3.63, 3.8) is 0 Å². The second kappa shape index (κ2) is 6.28. The number of hydrogen-bond donors (Lipinski definition) is 1. The van der Waals surface area contributed by atoms with Gasteiger partial charge >= 0.3 is 0 Å². The van der Waals surface area contributed by atoms with E-state index in [-0.39, 0.29) is 10.9 Å². The Morgan fingerprint density at radius 2 is 2.36 bits per heavy atom. The third-order valence-corrected chi connectivity index (χ3v) is 5.06. The monoisotopic (exact) mass is 320 g/mol. The number of carbonyl (C=O) groups excluding carboxylic acids is 1. The minimum absolute atomic E-state index is 0.0371. The van der Waals surface area contributed by atoms with Crippen molar-refractivity contribution in [2.45, 2.75) is 18.9 Å². The van der Waals surface area contributed by atoms with Crippen LogP contribution in [0.5, 0.6) is 0 Å². The average molecular weight is 321 g/mol. The van der Waals surface area contributed by atoms with Gasteiger partial charge in [-0.3, -0.25) is 9.69 Å². The Hall–Kier alpha value is -1.57. The number of nitrogens with zero attached hydrogens (tertiary/aromatic N) is 1.